The zero-order valence-electron chi connectivity index (χ0n) is 15.7. The van der Waals surface area contributed by atoms with E-state index in [0.717, 1.165) is 11.1 Å². The molecule has 0 saturated heterocycles. The van der Waals surface area contributed by atoms with Crippen LogP contribution in [0.15, 0.2) is 66.7 Å². The Labute approximate surface area is 182 Å². The zero-order chi connectivity index (χ0) is 21.3. The van der Waals surface area contributed by atoms with Crippen LogP contribution in [0.25, 0.3) is 17.1 Å². The molecule has 1 heterocycles. The number of aryl methyl sites for hydroxylation is 1. The van der Waals surface area contributed by atoms with E-state index in [9.17, 15) is 9.18 Å². The predicted molar refractivity (Wildman–Crippen MR) is 116 cm³/mol. The molecule has 1 N–H and O–H groups in total. The van der Waals surface area contributed by atoms with Gasteiger partial charge in [0, 0.05) is 5.56 Å². The number of rotatable bonds is 4. The van der Waals surface area contributed by atoms with Crippen LogP contribution in [-0.4, -0.2) is 20.7 Å². The first-order valence-corrected chi connectivity index (χ1v) is 9.73. The normalized spacial score (nSPS) is 10.8. The Morgan fingerprint density at radius 3 is 2.43 bits per heavy atom. The van der Waals surface area contributed by atoms with Gasteiger partial charge in [-0.2, -0.15) is 0 Å². The second-order valence-corrected chi connectivity index (χ2v) is 7.38. The van der Waals surface area contributed by atoms with Gasteiger partial charge in [-0.3, -0.25) is 4.79 Å². The minimum Gasteiger partial charge on any atom is -0.317 e. The number of aromatic nitrogens is 3. The summed E-state index contributed by atoms with van der Waals surface area (Å²) in [5, 5.41) is 7.59. The van der Waals surface area contributed by atoms with E-state index in [2.05, 4.69) is 15.4 Å². The third-order valence-electron chi connectivity index (χ3n) is 4.39. The SMILES string of the molecule is Cc1ccc(-c2nc(C(=O)Nc3ccccc3F)nn2-c2ccc(Cl)c(Cl)c2)cc1. The van der Waals surface area contributed by atoms with Crippen LogP contribution in [0.2, 0.25) is 10.0 Å². The first kappa shape index (κ1) is 20.1. The number of anilines is 1. The quantitative estimate of drug-likeness (QED) is 0.426. The number of halogens is 3. The Hall–Kier alpha value is -3.22. The maximum atomic E-state index is 13.9. The number of para-hydroxylation sites is 1. The largest absolute Gasteiger partial charge is 0.317 e. The van der Waals surface area contributed by atoms with Crippen LogP contribution in [-0.2, 0) is 0 Å². The molecule has 1 aromatic heterocycles. The Bertz CT molecular complexity index is 1240. The maximum Gasteiger partial charge on any atom is 0.295 e. The summed E-state index contributed by atoms with van der Waals surface area (Å²) in [6.45, 7) is 1.97. The number of carbonyl (C=O) groups is 1. The van der Waals surface area contributed by atoms with E-state index in [1.165, 1.54) is 22.9 Å². The molecule has 0 bridgehead atoms. The monoisotopic (exact) mass is 440 g/mol. The summed E-state index contributed by atoms with van der Waals surface area (Å²) in [5.41, 5.74) is 2.46. The van der Waals surface area contributed by atoms with Crippen LogP contribution >= 0.6 is 23.2 Å². The molecule has 0 spiro atoms. The molecule has 4 aromatic rings. The lowest BCUT2D eigenvalue weighted by molar-refractivity contribution is 0.101. The van der Waals surface area contributed by atoms with Crippen LogP contribution in [0, 0.1) is 12.7 Å². The topological polar surface area (TPSA) is 59.8 Å². The molecular formula is C22H15Cl2FN4O. The second-order valence-electron chi connectivity index (χ2n) is 6.57. The molecule has 30 heavy (non-hydrogen) atoms. The van der Waals surface area contributed by atoms with Crippen LogP contribution in [0.5, 0.6) is 0 Å². The highest BCUT2D eigenvalue weighted by Gasteiger charge is 2.20. The number of nitrogens with one attached hydrogen (secondary N) is 1. The van der Waals surface area contributed by atoms with E-state index in [4.69, 9.17) is 23.2 Å². The van der Waals surface area contributed by atoms with E-state index in [-0.39, 0.29) is 11.5 Å². The Kier molecular flexibility index (Phi) is 5.53. The molecule has 5 nitrogen and oxygen atoms in total. The van der Waals surface area contributed by atoms with Gasteiger partial charge in [0.2, 0.25) is 5.82 Å². The van der Waals surface area contributed by atoms with Crippen molar-refractivity contribution in [2.75, 3.05) is 5.32 Å². The van der Waals surface area contributed by atoms with Gasteiger partial charge in [-0.05, 0) is 37.3 Å². The highest BCUT2D eigenvalue weighted by atomic mass is 35.5. The fraction of sp³-hybridized carbons (Fsp3) is 0.0455. The van der Waals surface area contributed by atoms with Crippen molar-refractivity contribution in [3.63, 3.8) is 0 Å². The molecule has 0 unspecified atom stereocenters. The number of benzene rings is 3. The average molecular weight is 441 g/mol. The summed E-state index contributed by atoms with van der Waals surface area (Å²) in [4.78, 5) is 17.1. The third-order valence-corrected chi connectivity index (χ3v) is 5.13. The maximum absolute atomic E-state index is 13.9. The van der Waals surface area contributed by atoms with Crippen molar-refractivity contribution < 1.29 is 9.18 Å². The lowest BCUT2D eigenvalue weighted by Crippen LogP contribution is -2.15. The number of hydrogen-bond donors (Lipinski definition) is 1. The van der Waals surface area contributed by atoms with E-state index in [0.29, 0.717) is 21.6 Å². The first-order valence-electron chi connectivity index (χ1n) is 8.98. The van der Waals surface area contributed by atoms with Crippen molar-refractivity contribution in [2.45, 2.75) is 6.92 Å². The van der Waals surface area contributed by atoms with Gasteiger partial charge in [0.1, 0.15) is 5.82 Å². The summed E-state index contributed by atoms with van der Waals surface area (Å²) in [7, 11) is 0. The van der Waals surface area contributed by atoms with E-state index in [1.807, 2.05) is 31.2 Å². The molecule has 0 aliphatic carbocycles. The van der Waals surface area contributed by atoms with E-state index in [1.54, 1.807) is 24.3 Å². The molecule has 0 saturated carbocycles. The first-order chi connectivity index (χ1) is 14.4. The molecule has 3 aromatic carbocycles. The fourth-order valence-corrected chi connectivity index (χ4v) is 3.13. The molecule has 4 rings (SSSR count). The van der Waals surface area contributed by atoms with E-state index >= 15 is 0 Å². The fourth-order valence-electron chi connectivity index (χ4n) is 2.84. The molecule has 150 valence electrons. The minimum absolute atomic E-state index is 0.0465. The smallest absolute Gasteiger partial charge is 0.295 e. The van der Waals surface area contributed by atoms with Crippen molar-refractivity contribution in [1.82, 2.24) is 14.8 Å². The highest BCUT2D eigenvalue weighted by Crippen LogP contribution is 2.27. The molecule has 8 heteroatoms. The van der Waals surface area contributed by atoms with Crippen LogP contribution in [0.4, 0.5) is 10.1 Å². The van der Waals surface area contributed by atoms with Crippen LogP contribution in [0.1, 0.15) is 16.2 Å². The van der Waals surface area contributed by atoms with Gasteiger partial charge in [-0.25, -0.2) is 14.1 Å². The lowest BCUT2D eigenvalue weighted by atomic mass is 10.1. The lowest BCUT2D eigenvalue weighted by Gasteiger charge is -2.07. The third kappa shape index (κ3) is 4.06. The average Bonchev–Trinajstić information content (AvgIpc) is 3.18. The number of carbonyl (C=O) groups excluding carboxylic acids is 1. The molecule has 0 radical (unpaired) electrons. The van der Waals surface area contributed by atoms with Gasteiger partial charge in [-0.1, -0.05) is 65.2 Å². The number of amides is 1. The van der Waals surface area contributed by atoms with Crippen molar-refractivity contribution in [2.24, 2.45) is 0 Å². The summed E-state index contributed by atoms with van der Waals surface area (Å²) in [6.07, 6.45) is 0. The summed E-state index contributed by atoms with van der Waals surface area (Å²) in [5.74, 6) is -0.854. The number of hydrogen-bond acceptors (Lipinski definition) is 3. The molecule has 0 fully saturated rings. The van der Waals surface area contributed by atoms with Crippen LogP contribution < -0.4 is 5.32 Å². The van der Waals surface area contributed by atoms with Crippen molar-refractivity contribution in [1.29, 1.82) is 0 Å². The molecule has 0 aliphatic rings. The van der Waals surface area contributed by atoms with E-state index < -0.39 is 11.7 Å². The van der Waals surface area contributed by atoms with Gasteiger partial charge in [0.25, 0.3) is 5.91 Å². The van der Waals surface area contributed by atoms with Gasteiger partial charge in [-0.15, -0.1) is 5.10 Å². The number of nitrogens with zero attached hydrogens (tertiary/aromatic N) is 3. The van der Waals surface area contributed by atoms with Crippen molar-refractivity contribution >= 4 is 34.8 Å². The zero-order valence-corrected chi connectivity index (χ0v) is 17.2. The molecular weight excluding hydrogens is 426 g/mol. The Morgan fingerprint density at radius 1 is 1.00 bits per heavy atom. The predicted octanol–water partition coefficient (Wildman–Crippen LogP) is 5.94. The summed E-state index contributed by atoms with van der Waals surface area (Å²) in [6, 6.07) is 18.5. The Morgan fingerprint density at radius 2 is 1.73 bits per heavy atom. The van der Waals surface area contributed by atoms with Gasteiger partial charge in [0.15, 0.2) is 5.82 Å². The molecule has 0 aliphatic heterocycles. The summed E-state index contributed by atoms with van der Waals surface area (Å²) < 4.78 is 15.4. The second kappa shape index (κ2) is 8.26. The minimum atomic E-state index is -0.632. The molecule has 1 amide bonds. The highest BCUT2D eigenvalue weighted by molar-refractivity contribution is 6.42. The summed E-state index contributed by atoms with van der Waals surface area (Å²) >= 11 is 12.2. The van der Waals surface area contributed by atoms with Gasteiger partial charge in [0.05, 0.1) is 21.4 Å². The Balaban J connectivity index is 1.79. The van der Waals surface area contributed by atoms with Crippen LogP contribution in [0.3, 0.4) is 0 Å². The standard InChI is InChI=1S/C22H15Cl2FN4O/c1-13-6-8-14(9-7-13)21-27-20(22(30)26-19-5-3-2-4-18(19)25)28-29(21)15-10-11-16(23)17(24)12-15/h2-12H,1H3,(H,26,30). The van der Waals surface area contributed by atoms with Crippen molar-refractivity contribution in [3.8, 4) is 17.1 Å². The van der Waals surface area contributed by atoms with Gasteiger partial charge < -0.3 is 5.32 Å². The molecule has 0 atom stereocenters. The van der Waals surface area contributed by atoms with Gasteiger partial charge >= 0.3 is 0 Å². The van der Waals surface area contributed by atoms with Crippen molar-refractivity contribution in [3.05, 3.63) is 94.0 Å².